The minimum atomic E-state index is 0.958. The fourth-order valence-electron chi connectivity index (χ4n) is 1.86. The van der Waals surface area contributed by atoms with E-state index in [4.69, 9.17) is 0 Å². The lowest BCUT2D eigenvalue weighted by Gasteiger charge is -2.01. The number of H-pyrrole nitrogens is 1. The van der Waals surface area contributed by atoms with Gasteiger partial charge in [-0.15, -0.1) is 0 Å². The summed E-state index contributed by atoms with van der Waals surface area (Å²) in [6, 6.07) is 8.00. The van der Waals surface area contributed by atoms with E-state index in [2.05, 4.69) is 32.0 Å². The summed E-state index contributed by atoms with van der Waals surface area (Å²) in [4.78, 5) is 4.40. The lowest BCUT2D eigenvalue weighted by molar-refractivity contribution is 1.05. The molecule has 4 heteroatoms. The standard InChI is InChI=1S/C13H11N3S/c1-9-12(11-4-2-3-6-14-11)13(16-15-9)10-5-7-17-8-10/h2-8H,1H3,(H,15,16). The molecule has 84 valence electrons. The third kappa shape index (κ3) is 1.76. The van der Waals surface area contributed by atoms with E-state index in [1.165, 1.54) is 0 Å². The highest BCUT2D eigenvalue weighted by Crippen LogP contribution is 2.32. The number of hydrogen-bond acceptors (Lipinski definition) is 3. The fourth-order valence-corrected chi connectivity index (χ4v) is 2.50. The van der Waals surface area contributed by atoms with Gasteiger partial charge in [0.2, 0.25) is 0 Å². The zero-order valence-corrected chi connectivity index (χ0v) is 10.2. The van der Waals surface area contributed by atoms with E-state index in [1.807, 2.05) is 25.1 Å². The summed E-state index contributed by atoms with van der Waals surface area (Å²) in [5, 5.41) is 11.6. The largest absolute Gasteiger partial charge is 0.282 e. The number of pyridine rings is 1. The summed E-state index contributed by atoms with van der Waals surface area (Å²) in [6.45, 7) is 2.02. The summed E-state index contributed by atoms with van der Waals surface area (Å²) in [6.07, 6.45) is 1.80. The summed E-state index contributed by atoms with van der Waals surface area (Å²) < 4.78 is 0. The van der Waals surface area contributed by atoms with Gasteiger partial charge in [0.15, 0.2) is 0 Å². The second kappa shape index (κ2) is 4.14. The number of aromatic amines is 1. The smallest absolute Gasteiger partial charge is 0.103 e. The Hall–Kier alpha value is -1.94. The van der Waals surface area contributed by atoms with Crippen molar-refractivity contribution >= 4 is 11.3 Å². The first-order chi connectivity index (χ1) is 8.36. The molecule has 0 aliphatic rings. The van der Waals surface area contributed by atoms with Gasteiger partial charge in [-0.05, 0) is 30.5 Å². The molecule has 3 aromatic heterocycles. The SMILES string of the molecule is Cc1[nH]nc(-c2ccsc2)c1-c1ccccn1. The Kier molecular flexibility index (Phi) is 2.49. The second-order valence-electron chi connectivity index (χ2n) is 3.80. The Morgan fingerprint density at radius 2 is 2.18 bits per heavy atom. The molecular weight excluding hydrogens is 230 g/mol. The molecule has 0 bridgehead atoms. The van der Waals surface area contributed by atoms with E-state index in [0.717, 1.165) is 28.2 Å². The highest BCUT2D eigenvalue weighted by atomic mass is 32.1. The van der Waals surface area contributed by atoms with Crippen LogP contribution >= 0.6 is 11.3 Å². The lowest BCUT2D eigenvalue weighted by Crippen LogP contribution is -1.85. The first kappa shape index (κ1) is 10.2. The third-order valence-electron chi connectivity index (χ3n) is 2.66. The van der Waals surface area contributed by atoms with Crippen molar-refractivity contribution < 1.29 is 0 Å². The molecule has 0 aromatic carbocycles. The number of hydrogen-bond donors (Lipinski definition) is 1. The van der Waals surface area contributed by atoms with Crippen LogP contribution in [0.3, 0.4) is 0 Å². The predicted molar refractivity (Wildman–Crippen MR) is 69.9 cm³/mol. The van der Waals surface area contributed by atoms with Gasteiger partial charge >= 0.3 is 0 Å². The minimum absolute atomic E-state index is 0.958. The highest BCUT2D eigenvalue weighted by molar-refractivity contribution is 7.08. The minimum Gasteiger partial charge on any atom is -0.282 e. The molecule has 17 heavy (non-hydrogen) atoms. The van der Waals surface area contributed by atoms with Gasteiger partial charge in [0.1, 0.15) is 5.69 Å². The molecule has 0 saturated carbocycles. The van der Waals surface area contributed by atoms with Gasteiger partial charge in [0.25, 0.3) is 0 Å². The van der Waals surface area contributed by atoms with Crippen molar-refractivity contribution in [2.45, 2.75) is 6.92 Å². The maximum atomic E-state index is 4.40. The van der Waals surface area contributed by atoms with E-state index in [-0.39, 0.29) is 0 Å². The second-order valence-corrected chi connectivity index (χ2v) is 4.58. The van der Waals surface area contributed by atoms with E-state index in [9.17, 15) is 0 Å². The number of thiophene rings is 1. The van der Waals surface area contributed by atoms with Crippen molar-refractivity contribution in [1.29, 1.82) is 0 Å². The van der Waals surface area contributed by atoms with Gasteiger partial charge in [0.05, 0.1) is 5.69 Å². The molecule has 0 radical (unpaired) electrons. The molecule has 1 N–H and O–H groups in total. The van der Waals surface area contributed by atoms with Crippen LogP contribution < -0.4 is 0 Å². The fraction of sp³-hybridized carbons (Fsp3) is 0.0769. The maximum absolute atomic E-state index is 4.40. The van der Waals surface area contributed by atoms with Crippen molar-refractivity contribution in [3.63, 3.8) is 0 Å². The molecule has 0 aliphatic heterocycles. The maximum Gasteiger partial charge on any atom is 0.103 e. The molecule has 3 nitrogen and oxygen atoms in total. The molecule has 0 aliphatic carbocycles. The van der Waals surface area contributed by atoms with E-state index >= 15 is 0 Å². The van der Waals surface area contributed by atoms with Crippen LogP contribution in [0, 0.1) is 6.92 Å². The van der Waals surface area contributed by atoms with Crippen LogP contribution in [0.2, 0.25) is 0 Å². The molecule has 3 heterocycles. The monoisotopic (exact) mass is 241 g/mol. The average molecular weight is 241 g/mol. The zero-order valence-electron chi connectivity index (χ0n) is 9.34. The number of aromatic nitrogens is 3. The zero-order chi connectivity index (χ0) is 11.7. The lowest BCUT2D eigenvalue weighted by atomic mass is 10.1. The van der Waals surface area contributed by atoms with Crippen LogP contribution in [0.5, 0.6) is 0 Å². The Labute approximate surface area is 103 Å². The van der Waals surface area contributed by atoms with E-state index < -0.39 is 0 Å². The number of aryl methyl sites for hydroxylation is 1. The first-order valence-corrected chi connectivity index (χ1v) is 6.29. The third-order valence-corrected chi connectivity index (χ3v) is 3.35. The van der Waals surface area contributed by atoms with Crippen LogP contribution in [0.1, 0.15) is 5.69 Å². The van der Waals surface area contributed by atoms with Gasteiger partial charge in [-0.25, -0.2) is 0 Å². The van der Waals surface area contributed by atoms with Crippen LogP contribution in [0.4, 0.5) is 0 Å². The number of nitrogens with zero attached hydrogens (tertiary/aromatic N) is 2. The molecular formula is C13H11N3S. The molecule has 0 spiro atoms. The van der Waals surface area contributed by atoms with Gasteiger partial charge in [-0.2, -0.15) is 16.4 Å². The summed E-state index contributed by atoms with van der Waals surface area (Å²) in [7, 11) is 0. The van der Waals surface area contributed by atoms with Gasteiger partial charge in [0, 0.05) is 28.4 Å². The number of rotatable bonds is 2. The Morgan fingerprint density at radius 1 is 1.24 bits per heavy atom. The average Bonchev–Trinajstić information content (AvgIpc) is 2.98. The van der Waals surface area contributed by atoms with Crippen molar-refractivity contribution in [1.82, 2.24) is 15.2 Å². The van der Waals surface area contributed by atoms with Gasteiger partial charge < -0.3 is 0 Å². The number of nitrogens with one attached hydrogen (secondary N) is 1. The van der Waals surface area contributed by atoms with Crippen molar-refractivity contribution in [3.8, 4) is 22.5 Å². The molecule has 0 fully saturated rings. The molecule has 0 atom stereocenters. The van der Waals surface area contributed by atoms with Crippen LogP contribution in [-0.2, 0) is 0 Å². The normalized spacial score (nSPS) is 10.6. The highest BCUT2D eigenvalue weighted by Gasteiger charge is 2.14. The van der Waals surface area contributed by atoms with Gasteiger partial charge in [-0.1, -0.05) is 6.07 Å². The van der Waals surface area contributed by atoms with Crippen LogP contribution in [-0.4, -0.2) is 15.2 Å². The predicted octanol–water partition coefficient (Wildman–Crippen LogP) is 3.51. The van der Waals surface area contributed by atoms with Crippen molar-refractivity contribution in [3.05, 3.63) is 46.9 Å². The van der Waals surface area contributed by atoms with Crippen molar-refractivity contribution in [2.75, 3.05) is 0 Å². The Bertz CT molecular complexity index is 611. The van der Waals surface area contributed by atoms with Crippen LogP contribution in [0.25, 0.3) is 22.5 Å². The van der Waals surface area contributed by atoms with Crippen LogP contribution in [0.15, 0.2) is 41.2 Å². The molecule has 0 saturated heterocycles. The quantitative estimate of drug-likeness (QED) is 0.746. The first-order valence-electron chi connectivity index (χ1n) is 5.35. The molecule has 3 aromatic rings. The molecule has 0 unspecified atom stereocenters. The van der Waals surface area contributed by atoms with Gasteiger partial charge in [-0.3, -0.25) is 10.1 Å². The van der Waals surface area contributed by atoms with E-state index in [1.54, 1.807) is 17.5 Å². The Morgan fingerprint density at radius 3 is 2.88 bits per heavy atom. The topological polar surface area (TPSA) is 41.6 Å². The van der Waals surface area contributed by atoms with E-state index in [0.29, 0.717) is 0 Å². The summed E-state index contributed by atoms with van der Waals surface area (Å²) >= 11 is 1.67. The summed E-state index contributed by atoms with van der Waals surface area (Å²) in [5.74, 6) is 0. The molecule has 3 rings (SSSR count). The Balaban J connectivity index is 2.20. The summed E-state index contributed by atoms with van der Waals surface area (Å²) in [5.41, 5.74) is 5.20. The molecule has 0 amide bonds. The van der Waals surface area contributed by atoms with Crippen molar-refractivity contribution in [2.24, 2.45) is 0 Å².